The number of carbonyl (C=O) groups is 2. The van der Waals surface area contributed by atoms with Crippen LogP contribution in [0.15, 0.2) is 48.5 Å². The Balaban J connectivity index is 2.12. The topological polar surface area (TPSA) is 134 Å². The van der Waals surface area contributed by atoms with Crippen LogP contribution in [0.2, 0.25) is 0 Å². The highest BCUT2D eigenvalue weighted by Crippen LogP contribution is 2.29. The predicted molar refractivity (Wildman–Crippen MR) is 117 cm³/mol. The Morgan fingerprint density at radius 2 is 1.70 bits per heavy atom. The third-order valence-electron chi connectivity index (χ3n) is 3.56. The summed E-state index contributed by atoms with van der Waals surface area (Å²) in [6, 6.07) is 10.8. The van der Waals surface area contributed by atoms with Gasteiger partial charge in [0.05, 0.1) is 10.5 Å². The molecule has 13 heteroatoms. The van der Waals surface area contributed by atoms with Crippen molar-refractivity contribution in [2.75, 3.05) is 5.32 Å². The molecule has 0 radical (unpaired) electrons. The number of non-ortho nitro benzene ring substituents is 1. The van der Waals surface area contributed by atoms with Gasteiger partial charge in [0, 0.05) is 23.4 Å². The molecule has 4 N–H and O–H groups in total. The van der Waals surface area contributed by atoms with Gasteiger partial charge in [-0.1, -0.05) is 46.9 Å². The number of benzene rings is 2. The van der Waals surface area contributed by atoms with E-state index in [4.69, 9.17) is 52.1 Å². The predicted octanol–water partition coefficient (Wildman–Crippen LogP) is 3.71. The first-order valence-corrected chi connectivity index (χ1v) is 9.54. The van der Waals surface area contributed by atoms with E-state index in [-0.39, 0.29) is 21.9 Å². The van der Waals surface area contributed by atoms with Crippen molar-refractivity contribution in [1.82, 2.24) is 10.6 Å². The SMILES string of the molecule is O=C(O)c1cccc(NC(=S)N[C@H](NC(=O)c2cccc([N+](=O)[O-])c2)C(Cl)(Cl)Cl)c1. The van der Waals surface area contributed by atoms with Gasteiger partial charge < -0.3 is 21.1 Å². The minimum absolute atomic E-state index is 0.0275. The number of nitrogens with one attached hydrogen (secondary N) is 3. The number of carboxylic acids is 1. The van der Waals surface area contributed by atoms with Crippen molar-refractivity contribution in [2.45, 2.75) is 9.96 Å². The summed E-state index contributed by atoms with van der Waals surface area (Å²) < 4.78 is -2.05. The lowest BCUT2D eigenvalue weighted by Gasteiger charge is -2.27. The van der Waals surface area contributed by atoms with Crippen LogP contribution in [0.3, 0.4) is 0 Å². The number of aromatic carboxylic acids is 1. The number of rotatable bonds is 6. The largest absolute Gasteiger partial charge is 0.478 e. The van der Waals surface area contributed by atoms with E-state index < -0.39 is 26.8 Å². The van der Waals surface area contributed by atoms with Crippen LogP contribution in [0.25, 0.3) is 0 Å². The van der Waals surface area contributed by atoms with Crippen LogP contribution in [-0.4, -0.2) is 37.0 Å². The third-order valence-corrected chi connectivity index (χ3v) is 4.44. The molecule has 0 aliphatic heterocycles. The maximum absolute atomic E-state index is 12.5. The second-order valence-corrected chi connectivity index (χ2v) is 8.52. The Hall–Kier alpha value is -2.66. The van der Waals surface area contributed by atoms with Gasteiger partial charge in [0.15, 0.2) is 5.11 Å². The molecule has 30 heavy (non-hydrogen) atoms. The molecule has 1 atom stereocenters. The molecule has 2 aromatic carbocycles. The summed E-state index contributed by atoms with van der Waals surface area (Å²) >= 11 is 22.8. The standard InChI is InChI=1S/C17H13Cl3N4O5S/c18-17(19,20)15(22-13(25)9-3-2-6-12(8-9)24(28)29)23-16(30)21-11-5-1-4-10(7-11)14(26)27/h1-8,15H,(H,22,25)(H,26,27)(H2,21,23,30)/t15-/m0/s1. The number of hydrogen-bond acceptors (Lipinski definition) is 5. The molecule has 0 saturated carbocycles. The molecular formula is C17H13Cl3N4O5S. The van der Waals surface area contributed by atoms with Gasteiger partial charge in [-0.2, -0.15) is 0 Å². The molecule has 0 spiro atoms. The number of alkyl halides is 3. The first-order chi connectivity index (χ1) is 14.0. The summed E-state index contributed by atoms with van der Waals surface area (Å²) in [5, 5.41) is 27.6. The highest BCUT2D eigenvalue weighted by atomic mass is 35.6. The van der Waals surface area contributed by atoms with Crippen LogP contribution in [0, 0.1) is 10.1 Å². The maximum Gasteiger partial charge on any atom is 0.335 e. The van der Waals surface area contributed by atoms with Crippen molar-refractivity contribution in [1.29, 1.82) is 0 Å². The van der Waals surface area contributed by atoms with E-state index in [0.29, 0.717) is 5.69 Å². The van der Waals surface area contributed by atoms with E-state index >= 15 is 0 Å². The summed E-state index contributed by atoms with van der Waals surface area (Å²) in [5.41, 5.74) is 0.0648. The molecule has 1 amide bonds. The molecule has 0 bridgehead atoms. The fourth-order valence-corrected chi connectivity index (χ4v) is 2.77. The van der Waals surface area contributed by atoms with Crippen molar-refractivity contribution < 1.29 is 19.6 Å². The summed E-state index contributed by atoms with van der Waals surface area (Å²) in [6.07, 6.45) is -1.32. The van der Waals surface area contributed by atoms with Gasteiger partial charge in [0.2, 0.25) is 3.79 Å². The van der Waals surface area contributed by atoms with Crippen LogP contribution < -0.4 is 16.0 Å². The number of nitro groups is 1. The van der Waals surface area contributed by atoms with Gasteiger partial charge in [-0.15, -0.1) is 0 Å². The molecule has 0 fully saturated rings. The number of nitrogens with zero attached hydrogens (tertiary/aromatic N) is 1. The average Bonchev–Trinajstić information content (AvgIpc) is 2.66. The smallest absolute Gasteiger partial charge is 0.335 e. The van der Waals surface area contributed by atoms with E-state index in [2.05, 4.69) is 16.0 Å². The second kappa shape index (κ2) is 9.90. The summed E-state index contributed by atoms with van der Waals surface area (Å²) in [7, 11) is 0. The van der Waals surface area contributed by atoms with Crippen molar-refractivity contribution in [3.63, 3.8) is 0 Å². The van der Waals surface area contributed by atoms with E-state index in [1.54, 1.807) is 6.07 Å². The Labute approximate surface area is 190 Å². The number of anilines is 1. The summed E-state index contributed by atoms with van der Waals surface area (Å²) in [4.78, 5) is 33.7. The van der Waals surface area contributed by atoms with Crippen molar-refractivity contribution in [3.8, 4) is 0 Å². The van der Waals surface area contributed by atoms with Gasteiger partial charge in [-0.25, -0.2) is 4.79 Å². The van der Waals surface area contributed by atoms with Gasteiger partial charge in [-0.05, 0) is 36.5 Å². The van der Waals surface area contributed by atoms with E-state index in [0.717, 1.165) is 6.07 Å². The number of carbonyl (C=O) groups excluding carboxylic acids is 1. The molecule has 0 aliphatic rings. The van der Waals surface area contributed by atoms with Crippen LogP contribution in [0.1, 0.15) is 20.7 Å². The van der Waals surface area contributed by atoms with Crippen molar-refractivity contribution in [2.24, 2.45) is 0 Å². The normalized spacial score (nSPS) is 11.8. The number of carboxylic acid groups (broad SMARTS) is 1. The van der Waals surface area contributed by atoms with Crippen LogP contribution in [-0.2, 0) is 0 Å². The van der Waals surface area contributed by atoms with Crippen LogP contribution in [0.5, 0.6) is 0 Å². The molecule has 0 aromatic heterocycles. The Kier molecular flexibility index (Phi) is 7.79. The molecule has 2 rings (SSSR count). The monoisotopic (exact) mass is 490 g/mol. The molecule has 0 unspecified atom stereocenters. The highest BCUT2D eigenvalue weighted by molar-refractivity contribution is 7.80. The second-order valence-electron chi connectivity index (χ2n) is 5.74. The van der Waals surface area contributed by atoms with Crippen molar-refractivity contribution in [3.05, 3.63) is 69.8 Å². The average molecular weight is 492 g/mol. The molecule has 9 nitrogen and oxygen atoms in total. The lowest BCUT2D eigenvalue weighted by atomic mass is 10.2. The minimum Gasteiger partial charge on any atom is -0.478 e. The van der Waals surface area contributed by atoms with E-state index in [9.17, 15) is 19.7 Å². The third kappa shape index (κ3) is 6.70. The number of thiocarbonyl (C=S) groups is 1. The van der Waals surface area contributed by atoms with E-state index in [1.165, 1.54) is 36.4 Å². The zero-order valence-corrected chi connectivity index (χ0v) is 17.8. The van der Waals surface area contributed by atoms with Gasteiger partial charge >= 0.3 is 5.97 Å². The minimum atomic E-state index is -2.05. The van der Waals surface area contributed by atoms with Crippen LogP contribution >= 0.6 is 47.0 Å². The molecule has 0 saturated heterocycles. The number of nitro benzene ring substituents is 1. The maximum atomic E-state index is 12.5. The highest BCUT2D eigenvalue weighted by Gasteiger charge is 2.35. The Morgan fingerprint density at radius 3 is 2.30 bits per heavy atom. The van der Waals surface area contributed by atoms with Gasteiger partial charge in [-0.3, -0.25) is 14.9 Å². The molecule has 158 valence electrons. The lowest BCUT2D eigenvalue weighted by molar-refractivity contribution is -0.384. The van der Waals surface area contributed by atoms with Crippen LogP contribution in [0.4, 0.5) is 11.4 Å². The molecule has 0 aliphatic carbocycles. The lowest BCUT2D eigenvalue weighted by Crippen LogP contribution is -2.56. The van der Waals surface area contributed by atoms with Crippen molar-refractivity contribution >= 4 is 75.4 Å². The Bertz CT molecular complexity index is 999. The Morgan fingerprint density at radius 1 is 1.07 bits per heavy atom. The van der Waals surface area contributed by atoms with Gasteiger partial charge in [0.1, 0.15) is 6.17 Å². The summed E-state index contributed by atoms with van der Waals surface area (Å²) in [6.45, 7) is 0. The molecule has 2 aromatic rings. The number of hydrogen-bond donors (Lipinski definition) is 4. The number of amides is 1. The quantitative estimate of drug-likeness (QED) is 0.158. The van der Waals surface area contributed by atoms with Gasteiger partial charge in [0.25, 0.3) is 11.6 Å². The first-order valence-electron chi connectivity index (χ1n) is 8.00. The molecule has 0 heterocycles. The van der Waals surface area contributed by atoms with E-state index in [1.807, 2.05) is 0 Å². The fourth-order valence-electron chi connectivity index (χ4n) is 2.20. The fraction of sp³-hybridized carbons (Fsp3) is 0.118. The molecular weight excluding hydrogens is 479 g/mol. The summed E-state index contributed by atoms with van der Waals surface area (Å²) in [5.74, 6) is -1.88. The first kappa shape index (κ1) is 23.6. The zero-order chi connectivity index (χ0) is 22.5. The zero-order valence-electron chi connectivity index (χ0n) is 14.8. The number of halogens is 3.